The van der Waals surface area contributed by atoms with Crippen LogP contribution in [0.3, 0.4) is 0 Å². The first-order chi connectivity index (χ1) is 10.8. The molecule has 1 aliphatic rings. The fourth-order valence-corrected chi connectivity index (χ4v) is 2.19. The van der Waals surface area contributed by atoms with Gasteiger partial charge >= 0.3 is 12.1 Å². The lowest BCUT2D eigenvalue weighted by Gasteiger charge is -2.31. The monoisotopic (exact) mass is 325 g/mol. The van der Waals surface area contributed by atoms with Crippen molar-refractivity contribution in [3.8, 4) is 0 Å². The third-order valence-electron chi connectivity index (χ3n) is 3.38. The molecule has 0 spiro atoms. The van der Waals surface area contributed by atoms with Gasteiger partial charge in [-0.05, 0) is 24.3 Å². The van der Waals surface area contributed by atoms with E-state index in [1.165, 1.54) is 36.7 Å². The normalized spacial score (nSPS) is 21.4. The van der Waals surface area contributed by atoms with Crippen molar-refractivity contribution in [3.05, 3.63) is 54.2 Å². The van der Waals surface area contributed by atoms with E-state index in [0.717, 1.165) is 6.26 Å². The van der Waals surface area contributed by atoms with Crippen LogP contribution < -0.4 is 0 Å². The number of halogens is 3. The third-order valence-corrected chi connectivity index (χ3v) is 3.38. The number of amides is 1. The summed E-state index contributed by atoms with van der Waals surface area (Å²) in [5.74, 6) is -1.54. The van der Waals surface area contributed by atoms with Crippen molar-refractivity contribution < 1.29 is 27.5 Å². The minimum atomic E-state index is -5.09. The molecule has 0 aliphatic carbocycles. The zero-order valence-electron chi connectivity index (χ0n) is 11.5. The minimum absolute atomic E-state index is 0.0155. The lowest BCUT2D eigenvalue weighted by Crippen LogP contribution is -2.56. The average molecular weight is 325 g/mol. The van der Waals surface area contributed by atoms with Crippen LogP contribution in [0.25, 0.3) is 0 Å². The highest BCUT2D eigenvalue weighted by Gasteiger charge is 2.63. The molecule has 0 saturated carbocycles. The number of hydrazone groups is 1. The van der Waals surface area contributed by atoms with Crippen LogP contribution in [-0.4, -0.2) is 38.6 Å². The predicted octanol–water partition coefficient (Wildman–Crippen LogP) is 2.18. The number of hydrogen-bond acceptors (Lipinski definition) is 5. The van der Waals surface area contributed by atoms with Gasteiger partial charge in [0.05, 0.1) is 18.4 Å². The van der Waals surface area contributed by atoms with Crippen molar-refractivity contribution >= 4 is 11.6 Å². The first-order valence-corrected chi connectivity index (χ1v) is 6.48. The van der Waals surface area contributed by atoms with E-state index in [9.17, 15) is 23.1 Å². The molecule has 2 aromatic heterocycles. The highest BCUT2D eigenvalue weighted by molar-refractivity contribution is 6.04. The summed E-state index contributed by atoms with van der Waals surface area (Å²) in [7, 11) is 0. The number of furan rings is 1. The summed E-state index contributed by atoms with van der Waals surface area (Å²) in [5.41, 5.74) is -3.18. The number of carbonyl (C=O) groups is 1. The molecular formula is C14H10F3N3O3. The smallest absolute Gasteiger partial charge is 0.438 e. The molecule has 0 fully saturated rings. The van der Waals surface area contributed by atoms with Crippen LogP contribution in [0.4, 0.5) is 13.2 Å². The highest BCUT2D eigenvalue weighted by atomic mass is 19.4. The number of aliphatic hydroxyl groups is 1. The number of pyridine rings is 1. The van der Waals surface area contributed by atoms with E-state index < -0.39 is 24.2 Å². The van der Waals surface area contributed by atoms with Crippen molar-refractivity contribution in [2.75, 3.05) is 0 Å². The second kappa shape index (κ2) is 5.20. The Balaban J connectivity index is 2.04. The highest BCUT2D eigenvalue weighted by Crippen LogP contribution is 2.41. The number of rotatable bonds is 2. The lowest BCUT2D eigenvalue weighted by atomic mass is 10.0. The van der Waals surface area contributed by atoms with Crippen LogP contribution in [0.2, 0.25) is 0 Å². The molecule has 0 unspecified atom stereocenters. The van der Waals surface area contributed by atoms with E-state index >= 15 is 0 Å². The van der Waals surface area contributed by atoms with Gasteiger partial charge in [0.2, 0.25) is 0 Å². The summed E-state index contributed by atoms with van der Waals surface area (Å²) < 4.78 is 44.8. The molecule has 23 heavy (non-hydrogen) atoms. The van der Waals surface area contributed by atoms with Crippen molar-refractivity contribution in [3.63, 3.8) is 0 Å². The van der Waals surface area contributed by atoms with Crippen LogP contribution in [0.5, 0.6) is 0 Å². The number of alkyl halides is 3. The Morgan fingerprint density at radius 1 is 1.30 bits per heavy atom. The Morgan fingerprint density at radius 3 is 2.57 bits per heavy atom. The van der Waals surface area contributed by atoms with Crippen molar-refractivity contribution in [2.45, 2.75) is 18.3 Å². The lowest BCUT2D eigenvalue weighted by molar-refractivity contribution is -0.297. The molecule has 6 nitrogen and oxygen atoms in total. The summed E-state index contributed by atoms with van der Waals surface area (Å²) in [5, 5.41) is 13.8. The summed E-state index contributed by atoms with van der Waals surface area (Å²) in [6.07, 6.45) is -2.08. The van der Waals surface area contributed by atoms with Gasteiger partial charge in [-0.15, -0.1) is 0 Å². The van der Waals surface area contributed by atoms with Crippen LogP contribution in [0.15, 0.2) is 52.4 Å². The number of nitrogens with zero attached hydrogens (tertiary/aromatic N) is 3. The summed E-state index contributed by atoms with van der Waals surface area (Å²) in [6, 6.07) is 5.43. The second-order valence-corrected chi connectivity index (χ2v) is 4.87. The molecule has 3 rings (SSSR count). The SMILES string of the molecule is O=C(c1ccco1)N1N=C(c2ccncc2)C[C@]1(O)C(F)(F)F. The molecule has 1 atom stereocenters. The Hall–Kier alpha value is -2.68. The Kier molecular flexibility index (Phi) is 3.44. The van der Waals surface area contributed by atoms with Gasteiger partial charge in [-0.25, -0.2) is 0 Å². The van der Waals surface area contributed by atoms with Gasteiger partial charge in [0.25, 0.3) is 5.72 Å². The van der Waals surface area contributed by atoms with E-state index in [1.54, 1.807) is 0 Å². The molecule has 1 amide bonds. The number of carbonyl (C=O) groups excluding carboxylic acids is 1. The van der Waals surface area contributed by atoms with Gasteiger partial charge in [-0.3, -0.25) is 9.78 Å². The molecule has 1 aliphatic heterocycles. The van der Waals surface area contributed by atoms with Crippen molar-refractivity contribution in [1.29, 1.82) is 0 Å². The molecule has 3 heterocycles. The zero-order chi connectivity index (χ0) is 16.7. The van der Waals surface area contributed by atoms with Crippen molar-refractivity contribution in [2.24, 2.45) is 5.10 Å². The van der Waals surface area contributed by atoms with Gasteiger partial charge in [0.15, 0.2) is 5.76 Å². The summed E-state index contributed by atoms with van der Waals surface area (Å²) >= 11 is 0. The minimum Gasteiger partial charge on any atom is -0.459 e. The fourth-order valence-electron chi connectivity index (χ4n) is 2.19. The Bertz CT molecular complexity index is 744. The molecular weight excluding hydrogens is 315 g/mol. The Morgan fingerprint density at radius 2 is 2.00 bits per heavy atom. The maximum absolute atomic E-state index is 13.3. The quantitative estimate of drug-likeness (QED) is 0.918. The Labute approximate surface area is 127 Å². The number of hydrogen-bond donors (Lipinski definition) is 1. The topological polar surface area (TPSA) is 78.9 Å². The molecule has 0 aromatic carbocycles. The average Bonchev–Trinajstić information content (AvgIpc) is 3.15. The van der Waals surface area contributed by atoms with Gasteiger partial charge < -0.3 is 9.52 Å². The van der Waals surface area contributed by atoms with E-state index in [-0.39, 0.29) is 16.5 Å². The number of aromatic nitrogens is 1. The van der Waals surface area contributed by atoms with Gasteiger partial charge in [0, 0.05) is 18.0 Å². The standard InChI is InChI=1S/C14H10F3N3O3/c15-14(16,17)13(22)8-10(9-3-5-18-6-4-9)19-20(13)12(21)11-2-1-7-23-11/h1-7,22H,8H2/t13-/m0/s1. The molecule has 2 aromatic rings. The van der Waals surface area contributed by atoms with Crippen LogP contribution in [-0.2, 0) is 0 Å². The van der Waals surface area contributed by atoms with E-state index in [4.69, 9.17) is 4.42 Å². The van der Waals surface area contributed by atoms with Gasteiger partial charge in [-0.1, -0.05) is 0 Å². The largest absolute Gasteiger partial charge is 0.459 e. The maximum Gasteiger partial charge on any atom is 0.438 e. The van der Waals surface area contributed by atoms with Crippen LogP contribution in [0.1, 0.15) is 22.5 Å². The third kappa shape index (κ3) is 2.48. The molecule has 120 valence electrons. The zero-order valence-corrected chi connectivity index (χ0v) is 11.5. The molecule has 0 saturated heterocycles. The summed E-state index contributed by atoms with van der Waals surface area (Å²) in [6.45, 7) is 0. The molecule has 0 bridgehead atoms. The summed E-state index contributed by atoms with van der Waals surface area (Å²) in [4.78, 5) is 16.0. The van der Waals surface area contributed by atoms with E-state index in [1.807, 2.05) is 0 Å². The predicted molar refractivity (Wildman–Crippen MR) is 71.3 cm³/mol. The van der Waals surface area contributed by atoms with Gasteiger partial charge in [-0.2, -0.15) is 23.3 Å². The molecule has 0 radical (unpaired) electrons. The first-order valence-electron chi connectivity index (χ1n) is 6.48. The molecule has 1 N–H and O–H groups in total. The fraction of sp³-hybridized carbons (Fsp3) is 0.214. The molecule has 9 heteroatoms. The first kappa shape index (κ1) is 15.2. The second-order valence-electron chi connectivity index (χ2n) is 4.87. The van der Waals surface area contributed by atoms with Crippen LogP contribution >= 0.6 is 0 Å². The van der Waals surface area contributed by atoms with E-state index in [0.29, 0.717) is 5.56 Å². The van der Waals surface area contributed by atoms with Crippen LogP contribution in [0, 0.1) is 0 Å². The van der Waals surface area contributed by atoms with Crippen molar-refractivity contribution in [1.82, 2.24) is 9.99 Å². The van der Waals surface area contributed by atoms with E-state index in [2.05, 4.69) is 10.1 Å². The maximum atomic E-state index is 13.3. The van der Waals surface area contributed by atoms with Gasteiger partial charge in [0.1, 0.15) is 0 Å².